The molecule has 1 fully saturated rings. The predicted octanol–water partition coefficient (Wildman–Crippen LogP) is 4.36. The van der Waals surface area contributed by atoms with Crippen molar-refractivity contribution < 1.29 is 4.79 Å². The van der Waals surface area contributed by atoms with Gasteiger partial charge in [0.1, 0.15) is 0 Å². The van der Waals surface area contributed by atoms with Crippen LogP contribution < -0.4 is 0 Å². The van der Waals surface area contributed by atoms with Crippen molar-refractivity contribution in [1.82, 2.24) is 0 Å². The quantitative estimate of drug-likeness (QED) is 0.644. The lowest BCUT2D eigenvalue weighted by Gasteiger charge is -2.05. The van der Waals surface area contributed by atoms with Crippen LogP contribution in [0.25, 0.3) is 0 Å². The Morgan fingerprint density at radius 1 is 0.882 bits per heavy atom. The van der Waals surface area contributed by atoms with E-state index in [4.69, 9.17) is 0 Å². The lowest BCUT2D eigenvalue weighted by Crippen LogP contribution is -2.04. The average Bonchev–Trinajstić information content (AvgIpc) is 3.13. The maximum Gasteiger partial charge on any atom is 0.161 e. The van der Waals surface area contributed by atoms with E-state index >= 15 is 0 Å². The van der Waals surface area contributed by atoms with E-state index < -0.39 is 0 Å². The number of ketones is 1. The third kappa shape index (κ3) is 4.33. The van der Waals surface area contributed by atoms with Gasteiger partial charge >= 0.3 is 0 Å². The fourth-order valence-electron chi connectivity index (χ4n) is 2.19. The maximum atomic E-state index is 12.1. The van der Waals surface area contributed by atoms with Crippen LogP contribution in [-0.2, 0) is 4.79 Å². The zero-order valence-corrected chi connectivity index (χ0v) is 10.5. The molecule has 0 radical (unpaired) electrons. The molecule has 0 bridgehead atoms. The predicted molar refractivity (Wildman–Crippen MR) is 71.8 cm³/mol. The smallest absolute Gasteiger partial charge is 0.161 e. The molecule has 0 aliphatic heterocycles. The van der Waals surface area contributed by atoms with Crippen LogP contribution in [0.5, 0.6) is 0 Å². The van der Waals surface area contributed by atoms with Crippen LogP contribution in [0, 0.1) is 5.92 Å². The molecule has 17 heavy (non-hydrogen) atoms. The van der Waals surface area contributed by atoms with Gasteiger partial charge in [-0.05, 0) is 56.9 Å². The normalized spacial score (nSPS) is 29.3. The highest BCUT2D eigenvalue weighted by molar-refractivity contribution is 5.98. The second kappa shape index (κ2) is 6.58. The Labute approximate surface area is 104 Å². The van der Waals surface area contributed by atoms with E-state index in [0.717, 1.165) is 56.9 Å². The third-order valence-electron chi connectivity index (χ3n) is 3.40. The first-order valence-electron chi connectivity index (χ1n) is 6.91. The van der Waals surface area contributed by atoms with E-state index in [2.05, 4.69) is 30.4 Å². The maximum absolute atomic E-state index is 12.1. The summed E-state index contributed by atoms with van der Waals surface area (Å²) in [6, 6.07) is 0. The molecule has 2 rings (SSSR count). The SMILES string of the molecule is O=C(/C1=C/CC/C=C\CC/C=C\CC1)C1CC1. The summed E-state index contributed by atoms with van der Waals surface area (Å²) in [6.45, 7) is 0. The molecule has 0 amide bonds. The Bertz CT molecular complexity index is 343. The molecule has 0 atom stereocenters. The van der Waals surface area contributed by atoms with Crippen LogP contribution in [0.15, 0.2) is 36.0 Å². The van der Waals surface area contributed by atoms with Gasteiger partial charge in [0.2, 0.25) is 0 Å². The standard InChI is InChI=1S/C16H22O/c17-16(15-12-13-15)14-10-8-6-4-2-1-3-5-7-9-11-14/h2,4-5,7,10,15H,1,3,6,8-9,11-13H2/b4-2-,7-5-,14-10+. The van der Waals surface area contributed by atoms with Crippen LogP contribution in [0.1, 0.15) is 51.4 Å². The zero-order chi connectivity index (χ0) is 11.9. The number of rotatable bonds is 2. The van der Waals surface area contributed by atoms with Crippen molar-refractivity contribution in [2.24, 2.45) is 5.92 Å². The topological polar surface area (TPSA) is 17.1 Å². The summed E-state index contributed by atoms with van der Waals surface area (Å²) in [6.07, 6.45) is 19.7. The number of allylic oxidation sites excluding steroid dienone is 6. The highest BCUT2D eigenvalue weighted by Gasteiger charge is 2.31. The van der Waals surface area contributed by atoms with Crippen molar-refractivity contribution in [2.45, 2.75) is 51.4 Å². The van der Waals surface area contributed by atoms with Gasteiger partial charge in [-0.2, -0.15) is 0 Å². The van der Waals surface area contributed by atoms with Crippen molar-refractivity contribution in [2.75, 3.05) is 0 Å². The number of Topliss-reactive ketones (excluding diaryl/α,β-unsaturated/α-hetero) is 1. The van der Waals surface area contributed by atoms with Gasteiger partial charge in [-0.1, -0.05) is 30.4 Å². The fourth-order valence-corrected chi connectivity index (χ4v) is 2.19. The van der Waals surface area contributed by atoms with Crippen LogP contribution in [-0.4, -0.2) is 5.78 Å². The van der Waals surface area contributed by atoms with Gasteiger partial charge in [-0.25, -0.2) is 0 Å². The van der Waals surface area contributed by atoms with Crippen molar-refractivity contribution in [3.63, 3.8) is 0 Å². The van der Waals surface area contributed by atoms with Gasteiger partial charge in [0.05, 0.1) is 0 Å². The van der Waals surface area contributed by atoms with Crippen LogP contribution in [0.3, 0.4) is 0 Å². The number of hydrogen-bond donors (Lipinski definition) is 0. The van der Waals surface area contributed by atoms with E-state index in [1.807, 2.05) is 0 Å². The monoisotopic (exact) mass is 230 g/mol. The highest BCUT2D eigenvalue weighted by Crippen LogP contribution is 2.33. The van der Waals surface area contributed by atoms with Crippen molar-refractivity contribution in [3.8, 4) is 0 Å². The minimum absolute atomic E-state index is 0.369. The Balaban J connectivity index is 1.97. The number of hydrogen-bond acceptors (Lipinski definition) is 1. The largest absolute Gasteiger partial charge is 0.294 e. The van der Waals surface area contributed by atoms with E-state index in [1.165, 1.54) is 0 Å². The molecule has 0 heterocycles. The van der Waals surface area contributed by atoms with Gasteiger partial charge < -0.3 is 0 Å². The molecule has 1 saturated carbocycles. The molecule has 92 valence electrons. The van der Waals surface area contributed by atoms with Crippen LogP contribution in [0.2, 0.25) is 0 Å². The molecule has 0 aromatic carbocycles. The van der Waals surface area contributed by atoms with Gasteiger partial charge in [0.25, 0.3) is 0 Å². The Hall–Kier alpha value is -1.11. The van der Waals surface area contributed by atoms with Gasteiger partial charge in [-0.15, -0.1) is 0 Å². The molecule has 0 spiro atoms. The summed E-state index contributed by atoms with van der Waals surface area (Å²) in [5.74, 6) is 0.799. The first-order chi connectivity index (χ1) is 8.38. The third-order valence-corrected chi connectivity index (χ3v) is 3.40. The molecule has 1 nitrogen and oxygen atoms in total. The molecule has 0 N–H and O–H groups in total. The van der Waals surface area contributed by atoms with Crippen LogP contribution in [0.4, 0.5) is 0 Å². The van der Waals surface area contributed by atoms with Crippen molar-refractivity contribution in [1.29, 1.82) is 0 Å². The molecular formula is C16H22O. The molecule has 1 heteroatoms. The van der Waals surface area contributed by atoms with E-state index in [-0.39, 0.29) is 0 Å². The first kappa shape index (κ1) is 12.3. The summed E-state index contributed by atoms with van der Waals surface area (Å²) in [7, 11) is 0. The summed E-state index contributed by atoms with van der Waals surface area (Å²) in [4.78, 5) is 12.1. The number of carbonyl (C=O) groups excluding carboxylic acids is 1. The van der Waals surface area contributed by atoms with Gasteiger partial charge in [-0.3, -0.25) is 4.79 Å². The molecule has 2 aliphatic rings. The lowest BCUT2D eigenvalue weighted by atomic mass is 10.00. The molecule has 0 unspecified atom stereocenters. The highest BCUT2D eigenvalue weighted by atomic mass is 16.1. The second-order valence-corrected chi connectivity index (χ2v) is 5.00. The fraction of sp³-hybridized carbons (Fsp3) is 0.562. The molecule has 2 aliphatic carbocycles. The Morgan fingerprint density at radius 3 is 2.12 bits per heavy atom. The van der Waals surface area contributed by atoms with E-state index in [9.17, 15) is 4.79 Å². The summed E-state index contributed by atoms with van der Waals surface area (Å²) in [5, 5.41) is 0. The Morgan fingerprint density at radius 2 is 1.47 bits per heavy atom. The lowest BCUT2D eigenvalue weighted by molar-refractivity contribution is -0.116. The minimum atomic E-state index is 0.369. The van der Waals surface area contributed by atoms with Crippen LogP contribution >= 0.6 is 0 Å². The summed E-state index contributed by atoms with van der Waals surface area (Å²) < 4.78 is 0. The van der Waals surface area contributed by atoms with Gasteiger partial charge in [0, 0.05) is 5.92 Å². The average molecular weight is 230 g/mol. The van der Waals surface area contributed by atoms with E-state index in [0.29, 0.717) is 11.7 Å². The van der Waals surface area contributed by atoms with Gasteiger partial charge in [0.15, 0.2) is 5.78 Å². The first-order valence-corrected chi connectivity index (χ1v) is 6.91. The second-order valence-electron chi connectivity index (χ2n) is 5.00. The summed E-state index contributed by atoms with van der Waals surface area (Å²) in [5.41, 5.74) is 1.09. The van der Waals surface area contributed by atoms with Crippen molar-refractivity contribution in [3.05, 3.63) is 36.0 Å². The Kier molecular flexibility index (Phi) is 4.78. The van der Waals surface area contributed by atoms with E-state index in [1.54, 1.807) is 0 Å². The molecule has 0 aromatic rings. The molecule has 0 saturated heterocycles. The minimum Gasteiger partial charge on any atom is -0.294 e. The summed E-state index contributed by atoms with van der Waals surface area (Å²) >= 11 is 0. The molecular weight excluding hydrogens is 208 g/mol. The zero-order valence-electron chi connectivity index (χ0n) is 10.5. The van der Waals surface area contributed by atoms with Crippen molar-refractivity contribution >= 4 is 5.78 Å². The molecule has 0 aromatic heterocycles. The number of carbonyl (C=O) groups is 1.